The Labute approximate surface area is 119 Å². The highest BCUT2D eigenvalue weighted by Gasteiger charge is 2.16. The van der Waals surface area contributed by atoms with Gasteiger partial charge in [0.25, 0.3) is 0 Å². The second kappa shape index (κ2) is 8.30. The molecule has 20 heavy (non-hydrogen) atoms. The smallest absolute Gasteiger partial charge is 0.502 e. The molecule has 0 spiro atoms. The van der Waals surface area contributed by atoms with Crippen molar-refractivity contribution in [3.63, 3.8) is 0 Å². The van der Waals surface area contributed by atoms with Crippen molar-refractivity contribution in [3.8, 4) is 17.2 Å². The molecule has 0 bridgehead atoms. The lowest BCUT2D eigenvalue weighted by Gasteiger charge is -2.12. The summed E-state index contributed by atoms with van der Waals surface area (Å²) in [6.45, 7) is 2.17. The van der Waals surface area contributed by atoms with Gasteiger partial charge >= 0.3 is 6.16 Å². The SMILES string of the molecule is CCCCCCCc1ccc(OC(=O)O)c(O)c1OC. The number of aromatic hydroxyl groups is 1. The van der Waals surface area contributed by atoms with Gasteiger partial charge in [0.15, 0.2) is 11.5 Å². The van der Waals surface area contributed by atoms with Gasteiger partial charge < -0.3 is 19.7 Å². The minimum atomic E-state index is -1.46. The molecule has 2 N–H and O–H groups in total. The van der Waals surface area contributed by atoms with E-state index < -0.39 is 6.16 Å². The molecule has 0 amide bonds. The Morgan fingerprint density at radius 3 is 2.50 bits per heavy atom. The van der Waals surface area contributed by atoms with Crippen LogP contribution in [-0.4, -0.2) is 23.5 Å². The third-order valence-electron chi connectivity index (χ3n) is 3.13. The van der Waals surface area contributed by atoms with Gasteiger partial charge in [-0.05, 0) is 24.5 Å². The lowest BCUT2D eigenvalue weighted by molar-refractivity contribution is 0.142. The minimum Gasteiger partial charge on any atom is -0.502 e. The van der Waals surface area contributed by atoms with Crippen LogP contribution < -0.4 is 9.47 Å². The molecule has 0 aromatic heterocycles. The summed E-state index contributed by atoms with van der Waals surface area (Å²) in [5.74, 6) is -0.0794. The highest BCUT2D eigenvalue weighted by molar-refractivity contribution is 5.65. The fourth-order valence-corrected chi connectivity index (χ4v) is 2.11. The molecular weight excluding hydrogens is 260 g/mol. The van der Waals surface area contributed by atoms with E-state index in [-0.39, 0.29) is 11.5 Å². The molecule has 0 fully saturated rings. The largest absolute Gasteiger partial charge is 0.511 e. The highest BCUT2D eigenvalue weighted by atomic mass is 16.7. The second-order valence-corrected chi connectivity index (χ2v) is 4.64. The minimum absolute atomic E-state index is 0.107. The van der Waals surface area contributed by atoms with E-state index in [0.717, 1.165) is 24.8 Å². The normalized spacial score (nSPS) is 10.3. The summed E-state index contributed by atoms with van der Waals surface area (Å²) in [5.41, 5.74) is 0.860. The zero-order valence-electron chi connectivity index (χ0n) is 12.0. The van der Waals surface area contributed by atoms with Gasteiger partial charge in [0.2, 0.25) is 5.75 Å². The number of rotatable bonds is 8. The Morgan fingerprint density at radius 1 is 1.20 bits per heavy atom. The first-order valence-corrected chi connectivity index (χ1v) is 6.89. The summed E-state index contributed by atoms with van der Waals surface area (Å²) in [6.07, 6.45) is 5.09. The van der Waals surface area contributed by atoms with Gasteiger partial charge in [0.1, 0.15) is 0 Å². The number of hydrogen-bond acceptors (Lipinski definition) is 4. The van der Waals surface area contributed by atoms with Crippen LogP contribution in [0.2, 0.25) is 0 Å². The number of carbonyl (C=O) groups is 1. The molecule has 112 valence electrons. The van der Waals surface area contributed by atoms with E-state index in [9.17, 15) is 9.90 Å². The Bertz CT molecular complexity index is 442. The third-order valence-corrected chi connectivity index (χ3v) is 3.13. The fraction of sp³-hybridized carbons (Fsp3) is 0.533. The molecule has 0 aliphatic heterocycles. The molecule has 5 nitrogen and oxygen atoms in total. The maximum absolute atomic E-state index is 10.5. The van der Waals surface area contributed by atoms with E-state index in [4.69, 9.17) is 9.84 Å². The van der Waals surface area contributed by atoms with Crippen LogP contribution >= 0.6 is 0 Å². The number of ether oxygens (including phenoxy) is 2. The van der Waals surface area contributed by atoms with Crippen molar-refractivity contribution in [1.29, 1.82) is 0 Å². The van der Waals surface area contributed by atoms with E-state index in [0.29, 0.717) is 5.75 Å². The van der Waals surface area contributed by atoms with E-state index in [1.54, 1.807) is 6.07 Å². The van der Waals surface area contributed by atoms with Crippen molar-refractivity contribution in [2.45, 2.75) is 45.4 Å². The van der Waals surface area contributed by atoms with Gasteiger partial charge in [-0.1, -0.05) is 38.7 Å². The van der Waals surface area contributed by atoms with Gasteiger partial charge in [-0.3, -0.25) is 0 Å². The van der Waals surface area contributed by atoms with Crippen molar-refractivity contribution in [2.75, 3.05) is 7.11 Å². The van der Waals surface area contributed by atoms with Crippen LogP contribution in [0.5, 0.6) is 17.2 Å². The first-order valence-electron chi connectivity index (χ1n) is 6.89. The van der Waals surface area contributed by atoms with Gasteiger partial charge in [0.05, 0.1) is 7.11 Å². The summed E-state index contributed by atoms with van der Waals surface area (Å²) in [4.78, 5) is 10.5. The first-order chi connectivity index (χ1) is 9.60. The van der Waals surface area contributed by atoms with Crippen molar-refractivity contribution in [1.82, 2.24) is 0 Å². The van der Waals surface area contributed by atoms with Gasteiger partial charge in [0, 0.05) is 0 Å². The summed E-state index contributed by atoms with van der Waals surface area (Å²) in [5, 5.41) is 18.5. The van der Waals surface area contributed by atoms with Crippen molar-refractivity contribution in [3.05, 3.63) is 17.7 Å². The number of carboxylic acid groups (broad SMARTS) is 1. The number of methoxy groups -OCH3 is 1. The van der Waals surface area contributed by atoms with E-state index in [1.807, 2.05) is 0 Å². The monoisotopic (exact) mass is 282 g/mol. The molecule has 1 rings (SSSR count). The second-order valence-electron chi connectivity index (χ2n) is 4.64. The number of phenolic OH excluding ortho intramolecular Hbond substituents is 1. The van der Waals surface area contributed by atoms with Gasteiger partial charge in [-0.25, -0.2) is 4.79 Å². The predicted octanol–water partition coefficient (Wildman–Crippen LogP) is 3.97. The van der Waals surface area contributed by atoms with Crippen LogP contribution in [0.3, 0.4) is 0 Å². The summed E-state index contributed by atoms with van der Waals surface area (Å²) < 4.78 is 9.64. The van der Waals surface area contributed by atoms with Gasteiger partial charge in [-0.15, -0.1) is 0 Å². The zero-order chi connectivity index (χ0) is 15.0. The quantitative estimate of drug-likeness (QED) is 0.428. The molecule has 1 aromatic rings. The molecule has 0 aliphatic rings. The fourth-order valence-electron chi connectivity index (χ4n) is 2.11. The molecule has 1 aromatic carbocycles. The topological polar surface area (TPSA) is 76.0 Å². The number of hydrogen-bond donors (Lipinski definition) is 2. The summed E-state index contributed by atoms with van der Waals surface area (Å²) >= 11 is 0. The van der Waals surface area contributed by atoms with E-state index >= 15 is 0 Å². The molecule has 0 saturated heterocycles. The maximum Gasteiger partial charge on any atom is 0.511 e. The number of benzene rings is 1. The average Bonchev–Trinajstić information content (AvgIpc) is 2.41. The molecule has 5 heteroatoms. The Morgan fingerprint density at radius 2 is 1.90 bits per heavy atom. The summed E-state index contributed by atoms with van der Waals surface area (Å²) in [6, 6.07) is 3.18. The average molecular weight is 282 g/mol. The van der Waals surface area contributed by atoms with Crippen LogP contribution in [0.25, 0.3) is 0 Å². The highest BCUT2D eigenvalue weighted by Crippen LogP contribution is 2.39. The maximum atomic E-state index is 10.5. The van der Waals surface area contributed by atoms with Crippen molar-refractivity contribution < 1.29 is 24.5 Å². The van der Waals surface area contributed by atoms with Crippen molar-refractivity contribution >= 4 is 6.16 Å². The Balaban J connectivity index is 2.71. The molecule has 0 heterocycles. The standard InChI is InChI=1S/C15H22O5/c1-3-4-5-6-7-8-11-9-10-12(20-15(17)18)13(16)14(11)19-2/h9-10,16H,3-8H2,1-2H3,(H,17,18). The van der Waals surface area contributed by atoms with E-state index in [1.165, 1.54) is 32.4 Å². The van der Waals surface area contributed by atoms with Crippen LogP contribution in [0.15, 0.2) is 12.1 Å². The number of aryl methyl sites for hydroxylation is 1. The summed E-state index contributed by atoms with van der Waals surface area (Å²) in [7, 11) is 1.44. The Kier molecular flexibility index (Phi) is 6.70. The third kappa shape index (κ3) is 4.64. The molecule has 0 atom stereocenters. The zero-order valence-corrected chi connectivity index (χ0v) is 12.0. The van der Waals surface area contributed by atoms with Crippen LogP contribution in [-0.2, 0) is 6.42 Å². The molecule has 0 saturated carbocycles. The molecule has 0 aliphatic carbocycles. The van der Waals surface area contributed by atoms with Gasteiger partial charge in [-0.2, -0.15) is 0 Å². The molecule has 0 unspecified atom stereocenters. The number of unbranched alkanes of at least 4 members (excludes halogenated alkanes) is 4. The molecule has 0 radical (unpaired) electrons. The first kappa shape index (κ1) is 16.1. The lowest BCUT2D eigenvalue weighted by Crippen LogP contribution is -2.04. The van der Waals surface area contributed by atoms with E-state index in [2.05, 4.69) is 11.7 Å². The predicted molar refractivity (Wildman–Crippen MR) is 75.8 cm³/mol. The number of phenols is 1. The van der Waals surface area contributed by atoms with Crippen LogP contribution in [0.4, 0.5) is 4.79 Å². The Hall–Kier alpha value is -1.91. The lowest BCUT2D eigenvalue weighted by atomic mass is 10.0. The molecular formula is C15H22O5. The van der Waals surface area contributed by atoms with Crippen molar-refractivity contribution in [2.24, 2.45) is 0 Å². The van der Waals surface area contributed by atoms with Crippen LogP contribution in [0.1, 0.15) is 44.6 Å². The van der Waals surface area contributed by atoms with Crippen LogP contribution in [0, 0.1) is 0 Å².